The van der Waals surface area contributed by atoms with Gasteiger partial charge in [-0.1, -0.05) is 34.1 Å². The van der Waals surface area contributed by atoms with Gasteiger partial charge in [0.1, 0.15) is 17.3 Å². The first kappa shape index (κ1) is 20.5. The Morgan fingerprint density at radius 1 is 1.24 bits per heavy atom. The molecule has 1 aliphatic heterocycles. The maximum absolute atomic E-state index is 13.9. The van der Waals surface area contributed by atoms with Crippen molar-refractivity contribution in [3.8, 4) is 5.75 Å². The Kier molecular flexibility index (Phi) is 6.28. The lowest BCUT2D eigenvalue weighted by atomic mass is 10.1. The highest BCUT2D eigenvalue weighted by Crippen LogP contribution is 2.27. The summed E-state index contributed by atoms with van der Waals surface area (Å²) in [5, 5.41) is 2.48. The third-order valence-corrected chi connectivity index (χ3v) is 4.59. The molecule has 9 heteroatoms. The predicted molar refractivity (Wildman–Crippen MR) is 105 cm³/mol. The van der Waals surface area contributed by atoms with Crippen LogP contribution in [0.15, 0.2) is 52.6 Å². The Morgan fingerprint density at radius 3 is 2.72 bits per heavy atom. The quantitative estimate of drug-likeness (QED) is 0.404. The summed E-state index contributed by atoms with van der Waals surface area (Å²) in [4.78, 5) is 37.1. The van der Waals surface area contributed by atoms with Crippen LogP contribution in [-0.2, 0) is 20.9 Å². The molecule has 1 aliphatic rings. The van der Waals surface area contributed by atoms with Crippen molar-refractivity contribution in [2.24, 2.45) is 0 Å². The molecule has 3 rings (SSSR count). The van der Waals surface area contributed by atoms with Crippen molar-refractivity contribution in [1.82, 2.24) is 10.2 Å². The van der Waals surface area contributed by atoms with E-state index in [0.717, 1.165) is 4.90 Å². The fourth-order valence-electron chi connectivity index (χ4n) is 2.63. The minimum absolute atomic E-state index is 0.00681. The van der Waals surface area contributed by atoms with Gasteiger partial charge in [0, 0.05) is 15.6 Å². The molecule has 1 N–H and O–H groups in total. The second-order valence-electron chi connectivity index (χ2n) is 6.02. The number of benzene rings is 2. The minimum Gasteiger partial charge on any atom is -0.481 e. The first-order valence-corrected chi connectivity index (χ1v) is 9.25. The molecule has 2 aromatic carbocycles. The Hall–Kier alpha value is -3.20. The molecule has 7 nitrogen and oxygen atoms in total. The Labute approximate surface area is 174 Å². The van der Waals surface area contributed by atoms with E-state index in [-0.39, 0.29) is 24.4 Å². The predicted octanol–water partition coefficient (Wildman–Crippen LogP) is 3.23. The zero-order valence-corrected chi connectivity index (χ0v) is 16.9. The number of hydrogen-bond acceptors (Lipinski definition) is 5. The normalized spacial score (nSPS) is 14.9. The molecule has 0 spiro atoms. The number of nitrogens with zero attached hydrogens (tertiary/aromatic N) is 1. The van der Waals surface area contributed by atoms with Crippen molar-refractivity contribution in [2.45, 2.75) is 6.54 Å². The number of rotatable bonds is 6. The Morgan fingerprint density at radius 2 is 2.00 bits per heavy atom. The third-order valence-electron chi connectivity index (χ3n) is 4.09. The van der Waals surface area contributed by atoms with Gasteiger partial charge in [0.25, 0.3) is 5.91 Å². The fraction of sp³-hybridized carbons (Fsp3) is 0.150. The van der Waals surface area contributed by atoms with Crippen LogP contribution in [0.5, 0.6) is 5.75 Å². The molecular formula is C20H16BrFN2O5. The van der Waals surface area contributed by atoms with E-state index in [1.54, 1.807) is 24.3 Å². The highest BCUT2D eigenvalue weighted by Gasteiger charge is 2.34. The molecule has 0 aliphatic carbocycles. The zero-order valence-electron chi connectivity index (χ0n) is 15.3. The van der Waals surface area contributed by atoms with Crippen molar-refractivity contribution in [3.05, 3.63) is 69.6 Å². The van der Waals surface area contributed by atoms with Crippen molar-refractivity contribution >= 4 is 39.9 Å². The van der Waals surface area contributed by atoms with Crippen molar-refractivity contribution in [1.29, 1.82) is 0 Å². The molecule has 29 heavy (non-hydrogen) atoms. The molecule has 0 atom stereocenters. The number of halogens is 2. The molecule has 0 saturated carbocycles. The number of methoxy groups -OCH3 is 1. The van der Waals surface area contributed by atoms with Crippen LogP contribution in [0.3, 0.4) is 0 Å². The van der Waals surface area contributed by atoms with Crippen LogP contribution in [0.2, 0.25) is 0 Å². The number of esters is 1. The van der Waals surface area contributed by atoms with Crippen LogP contribution in [-0.4, -0.2) is 36.5 Å². The average molecular weight is 463 g/mol. The van der Waals surface area contributed by atoms with E-state index >= 15 is 0 Å². The van der Waals surface area contributed by atoms with Gasteiger partial charge < -0.3 is 14.8 Å². The van der Waals surface area contributed by atoms with Crippen LogP contribution in [0.25, 0.3) is 6.08 Å². The molecule has 0 radical (unpaired) electrons. The van der Waals surface area contributed by atoms with Gasteiger partial charge in [-0.05, 0) is 30.3 Å². The van der Waals surface area contributed by atoms with Crippen molar-refractivity contribution < 1.29 is 28.2 Å². The van der Waals surface area contributed by atoms with E-state index in [9.17, 15) is 18.8 Å². The monoisotopic (exact) mass is 462 g/mol. The highest BCUT2D eigenvalue weighted by atomic mass is 79.9. The lowest BCUT2D eigenvalue weighted by molar-refractivity contribution is -0.142. The minimum atomic E-state index is -0.656. The maximum atomic E-state index is 13.9. The number of hydrogen-bond donors (Lipinski definition) is 1. The van der Waals surface area contributed by atoms with E-state index in [4.69, 9.17) is 4.74 Å². The molecule has 150 valence electrons. The number of ether oxygens (including phenoxy) is 2. The molecule has 3 amide bonds. The van der Waals surface area contributed by atoms with E-state index in [1.807, 2.05) is 0 Å². The molecular weight excluding hydrogens is 447 g/mol. The molecule has 0 aromatic heterocycles. The summed E-state index contributed by atoms with van der Waals surface area (Å²) in [5.74, 6) is -1.35. The van der Waals surface area contributed by atoms with Crippen molar-refractivity contribution in [3.63, 3.8) is 0 Å². The van der Waals surface area contributed by atoms with Crippen LogP contribution >= 0.6 is 15.9 Å². The maximum Gasteiger partial charge on any atom is 0.343 e. The number of nitrogens with one attached hydrogen (secondary N) is 1. The lowest BCUT2D eigenvalue weighted by Gasteiger charge is -2.12. The van der Waals surface area contributed by atoms with E-state index < -0.39 is 23.7 Å². The van der Waals surface area contributed by atoms with E-state index in [1.165, 1.54) is 31.4 Å². The number of carbonyl (C=O) groups is 3. The smallest absolute Gasteiger partial charge is 0.343 e. The topological polar surface area (TPSA) is 84.9 Å². The molecule has 2 aromatic rings. The summed E-state index contributed by atoms with van der Waals surface area (Å²) in [7, 11) is 1.24. The number of amides is 3. The average Bonchev–Trinajstić information content (AvgIpc) is 2.96. The summed E-state index contributed by atoms with van der Waals surface area (Å²) < 4.78 is 24.5. The van der Waals surface area contributed by atoms with Gasteiger partial charge in [-0.3, -0.25) is 9.69 Å². The van der Waals surface area contributed by atoms with Gasteiger partial charge in [0.15, 0.2) is 6.61 Å². The molecule has 1 heterocycles. The fourth-order valence-corrected chi connectivity index (χ4v) is 3.01. The van der Waals surface area contributed by atoms with Crippen LogP contribution in [0.1, 0.15) is 11.1 Å². The van der Waals surface area contributed by atoms with Crippen LogP contribution in [0.4, 0.5) is 9.18 Å². The third kappa shape index (κ3) is 4.80. The van der Waals surface area contributed by atoms with Gasteiger partial charge in [-0.15, -0.1) is 0 Å². The SMILES string of the molecule is COC(=O)COc1ccc(Br)cc1/C=C1/NC(=O)N(Cc2ccccc2F)C1=O. The summed E-state index contributed by atoms with van der Waals surface area (Å²) in [5.41, 5.74) is 0.689. The number of urea groups is 1. The summed E-state index contributed by atoms with van der Waals surface area (Å²) in [6.07, 6.45) is 1.43. The molecule has 1 saturated heterocycles. The van der Waals surface area contributed by atoms with Gasteiger partial charge in [-0.25, -0.2) is 14.0 Å². The van der Waals surface area contributed by atoms with E-state index in [0.29, 0.717) is 15.8 Å². The first-order valence-electron chi connectivity index (χ1n) is 8.46. The number of imide groups is 1. The van der Waals surface area contributed by atoms with Crippen molar-refractivity contribution in [2.75, 3.05) is 13.7 Å². The van der Waals surface area contributed by atoms with Crippen LogP contribution in [0, 0.1) is 5.82 Å². The summed E-state index contributed by atoms with van der Waals surface area (Å²) in [6.45, 7) is -0.507. The lowest BCUT2D eigenvalue weighted by Crippen LogP contribution is -2.30. The number of carbonyl (C=O) groups excluding carboxylic acids is 3. The Balaban J connectivity index is 1.84. The first-order chi connectivity index (χ1) is 13.9. The van der Waals surface area contributed by atoms with Gasteiger partial charge in [-0.2, -0.15) is 0 Å². The second kappa shape index (κ2) is 8.87. The zero-order chi connectivity index (χ0) is 21.0. The molecule has 0 unspecified atom stereocenters. The second-order valence-corrected chi connectivity index (χ2v) is 6.93. The summed E-state index contributed by atoms with van der Waals surface area (Å²) in [6, 6.07) is 10.2. The Bertz CT molecular complexity index is 1010. The van der Waals surface area contributed by atoms with Gasteiger partial charge in [0.2, 0.25) is 0 Å². The van der Waals surface area contributed by atoms with E-state index in [2.05, 4.69) is 26.0 Å². The molecule has 0 bridgehead atoms. The van der Waals surface area contributed by atoms with Gasteiger partial charge in [0.05, 0.1) is 13.7 Å². The summed E-state index contributed by atoms with van der Waals surface area (Å²) >= 11 is 3.33. The molecule has 1 fully saturated rings. The highest BCUT2D eigenvalue weighted by molar-refractivity contribution is 9.10. The standard InChI is InChI=1S/C20H16BrFN2O5/c1-28-18(25)11-29-17-7-6-14(21)8-13(17)9-16-19(26)24(20(27)23-16)10-12-4-2-3-5-15(12)22/h2-9H,10-11H2,1H3,(H,23,27)/b16-9+. The van der Waals surface area contributed by atoms with Crippen LogP contribution < -0.4 is 10.1 Å². The largest absolute Gasteiger partial charge is 0.481 e. The van der Waals surface area contributed by atoms with Gasteiger partial charge >= 0.3 is 12.0 Å².